The molecule has 8 heteroatoms. The first-order valence-electron chi connectivity index (χ1n) is 7.32. The summed E-state index contributed by atoms with van der Waals surface area (Å²) in [6, 6.07) is 9.97. The third kappa shape index (κ3) is 6.62. The molecule has 2 rings (SSSR count). The van der Waals surface area contributed by atoms with Crippen LogP contribution < -0.4 is 20.7 Å². The second kappa shape index (κ2) is 9.46. The lowest BCUT2D eigenvalue weighted by atomic mass is 10.3. The molecule has 0 fully saturated rings. The largest absolute Gasteiger partial charge is 0.492 e. The Morgan fingerprint density at radius 3 is 2.58 bits per heavy atom. The van der Waals surface area contributed by atoms with E-state index in [-0.39, 0.29) is 19.0 Å². The maximum absolute atomic E-state index is 11.6. The lowest BCUT2D eigenvalue weighted by Crippen LogP contribution is -2.42. The number of nitrogens with one attached hydrogen (secondary N) is 3. The Labute approximate surface area is 144 Å². The highest BCUT2D eigenvalue weighted by molar-refractivity contribution is 6.30. The highest BCUT2D eigenvalue weighted by Gasteiger charge is 2.05. The molecule has 0 bridgehead atoms. The van der Waals surface area contributed by atoms with Gasteiger partial charge in [0.2, 0.25) is 5.91 Å². The van der Waals surface area contributed by atoms with E-state index in [0.29, 0.717) is 29.7 Å². The summed E-state index contributed by atoms with van der Waals surface area (Å²) in [6.07, 6.45) is 1.53. The van der Waals surface area contributed by atoms with E-state index in [4.69, 9.17) is 20.8 Å². The summed E-state index contributed by atoms with van der Waals surface area (Å²) >= 11 is 5.77. The van der Waals surface area contributed by atoms with Gasteiger partial charge in [0, 0.05) is 5.02 Å². The van der Waals surface area contributed by atoms with Gasteiger partial charge in [-0.25, -0.2) is 4.79 Å². The van der Waals surface area contributed by atoms with E-state index in [1.165, 1.54) is 6.26 Å². The van der Waals surface area contributed by atoms with Crippen molar-refractivity contribution >= 4 is 23.5 Å². The summed E-state index contributed by atoms with van der Waals surface area (Å²) in [5, 5.41) is 8.30. The highest BCUT2D eigenvalue weighted by Crippen LogP contribution is 2.14. The van der Waals surface area contributed by atoms with E-state index in [1.807, 2.05) is 0 Å². The second-order valence-corrected chi connectivity index (χ2v) is 5.20. The summed E-state index contributed by atoms with van der Waals surface area (Å²) in [5.41, 5.74) is 0. The molecule has 3 amide bonds. The molecule has 1 aromatic heterocycles. The van der Waals surface area contributed by atoms with Crippen LogP contribution in [0.1, 0.15) is 5.76 Å². The fraction of sp³-hybridized carbons (Fsp3) is 0.250. The van der Waals surface area contributed by atoms with E-state index in [9.17, 15) is 9.59 Å². The van der Waals surface area contributed by atoms with Gasteiger partial charge in [-0.05, 0) is 36.4 Å². The number of benzene rings is 1. The Kier molecular flexibility index (Phi) is 6.97. The van der Waals surface area contributed by atoms with Crippen molar-refractivity contribution < 1.29 is 18.7 Å². The summed E-state index contributed by atoms with van der Waals surface area (Å²) in [5.74, 6) is 1.00. The normalized spacial score (nSPS) is 10.0. The topological polar surface area (TPSA) is 92.6 Å². The fourth-order valence-electron chi connectivity index (χ4n) is 1.75. The van der Waals surface area contributed by atoms with Gasteiger partial charge in [-0.15, -0.1) is 0 Å². The molecule has 0 atom stereocenters. The van der Waals surface area contributed by atoms with Gasteiger partial charge < -0.3 is 25.1 Å². The van der Waals surface area contributed by atoms with E-state index < -0.39 is 6.03 Å². The number of furan rings is 1. The predicted molar refractivity (Wildman–Crippen MR) is 88.9 cm³/mol. The summed E-state index contributed by atoms with van der Waals surface area (Å²) in [4.78, 5) is 23.1. The van der Waals surface area contributed by atoms with E-state index in [0.717, 1.165) is 0 Å². The fourth-order valence-corrected chi connectivity index (χ4v) is 1.87. The zero-order valence-corrected chi connectivity index (χ0v) is 13.6. The first-order valence-corrected chi connectivity index (χ1v) is 7.70. The van der Waals surface area contributed by atoms with Crippen molar-refractivity contribution in [3.05, 3.63) is 53.4 Å². The van der Waals surface area contributed by atoms with Crippen LogP contribution in [0.25, 0.3) is 0 Å². The van der Waals surface area contributed by atoms with Gasteiger partial charge in [-0.3, -0.25) is 4.79 Å². The number of carbonyl (C=O) groups is 2. The van der Waals surface area contributed by atoms with Crippen molar-refractivity contribution in [1.29, 1.82) is 0 Å². The molecule has 7 nitrogen and oxygen atoms in total. The van der Waals surface area contributed by atoms with E-state index in [2.05, 4.69) is 16.0 Å². The van der Waals surface area contributed by atoms with Crippen LogP contribution >= 0.6 is 11.6 Å². The van der Waals surface area contributed by atoms with Gasteiger partial charge in [0.15, 0.2) is 0 Å². The zero-order chi connectivity index (χ0) is 17.2. The molecule has 1 aromatic carbocycles. The molecule has 24 heavy (non-hydrogen) atoms. The van der Waals surface area contributed by atoms with Crippen molar-refractivity contribution in [3.63, 3.8) is 0 Å². The average molecular weight is 352 g/mol. The third-order valence-corrected chi connectivity index (χ3v) is 3.17. The second-order valence-electron chi connectivity index (χ2n) is 4.77. The molecule has 0 unspecified atom stereocenters. The van der Waals surface area contributed by atoms with Gasteiger partial charge in [-0.1, -0.05) is 11.6 Å². The molecule has 128 valence electrons. The monoisotopic (exact) mass is 351 g/mol. The van der Waals surface area contributed by atoms with Gasteiger partial charge >= 0.3 is 6.03 Å². The SMILES string of the molecule is O=C(CNC(=O)NCCOc1ccc(Cl)cc1)NCc1ccco1. The zero-order valence-electron chi connectivity index (χ0n) is 12.9. The number of halogens is 1. The van der Waals surface area contributed by atoms with Gasteiger partial charge in [-0.2, -0.15) is 0 Å². The van der Waals surface area contributed by atoms with Crippen molar-refractivity contribution in [2.75, 3.05) is 19.7 Å². The minimum atomic E-state index is -0.442. The van der Waals surface area contributed by atoms with Gasteiger partial charge in [0.1, 0.15) is 18.1 Å². The molecule has 2 aromatic rings. The van der Waals surface area contributed by atoms with Crippen molar-refractivity contribution in [2.24, 2.45) is 0 Å². The standard InChI is InChI=1S/C16H18ClN3O4/c17-12-3-5-13(6-4-12)24-9-7-18-16(22)20-11-15(21)19-10-14-2-1-8-23-14/h1-6,8H,7,9-11H2,(H,19,21)(H2,18,20,22). The Morgan fingerprint density at radius 1 is 1.08 bits per heavy atom. The molecule has 1 heterocycles. The summed E-state index contributed by atoms with van der Waals surface area (Å²) in [7, 11) is 0. The number of ether oxygens (including phenoxy) is 1. The van der Waals surface area contributed by atoms with Crippen LogP contribution in [0.5, 0.6) is 5.75 Å². The maximum atomic E-state index is 11.6. The van der Waals surface area contributed by atoms with Crippen LogP contribution in [0.3, 0.4) is 0 Å². The molecule has 0 aliphatic carbocycles. The highest BCUT2D eigenvalue weighted by atomic mass is 35.5. The molecule has 0 aliphatic heterocycles. The summed E-state index contributed by atoms with van der Waals surface area (Å²) in [6.45, 7) is 0.775. The number of carbonyl (C=O) groups excluding carboxylic acids is 2. The minimum absolute atomic E-state index is 0.120. The average Bonchev–Trinajstić information content (AvgIpc) is 3.10. The smallest absolute Gasteiger partial charge is 0.315 e. The van der Waals surface area contributed by atoms with Crippen LogP contribution in [0, 0.1) is 0 Å². The number of urea groups is 1. The van der Waals surface area contributed by atoms with Crippen LogP contribution in [0.4, 0.5) is 4.79 Å². The number of hydrogen-bond acceptors (Lipinski definition) is 4. The molecule has 3 N–H and O–H groups in total. The van der Waals surface area contributed by atoms with Crippen LogP contribution in [0.15, 0.2) is 47.1 Å². The molecule has 0 saturated heterocycles. The molecule has 0 radical (unpaired) electrons. The quantitative estimate of drug-likeness (QED) is 0.633. The molecular formula is C16H18ClN3O4. The first kappa shape index (κ1) is 17.7. The Bertz CT molecular complexity index is 644. The van der Waals surface area contributed by atoms with Gasteiger partial charge in [0.05, 0.1) is 25.9 Å². The lowest BCUT2D eigenvalue weighted by molar-refractivity contribution is -0.120. The Balaban J connectivity index is 1.53. The number of rotatable bonds is 8. The number of amides is 3. The number of hydrogen-bond donors (Lipinski definition) is 3. The first-order chi connectivity index (χ1) is 11.6. The van der Waals surface area contributed by atoms with Crippen molar-refractivity contribution in [1.82, 2.24) is 16.0 Å². The van der Waals surface area contributed by atoms with Gasteiger partial charge in [0.25, 0.3) is 0 Å². The van der Waals surface area contributed by atoms with Crippen molar-refractivity contribution in [2.45, 2.75) is 6.54 Å². The summed E-state index contributed by atoms with van der Waals surface area (Å²) < 4.78 is 10.5. The van der Waals surface area contributed by atoms with Crippen LogP contribution in [0.2, 0.25) is 5.02 Å². The molecular weight excluding hydrogens is 334 g/mol. The molecule has 0 saturated carbocycles. The third-order valence-electron chi connectivity index (χ3n) is 2.92. The van der Waals surface area contributed by atoms with Crippen molar-refractivity contribution in [3.8, 4) is 5.75 Å². The van der Waals surface area contributed by atoms with Crippen LogP contribution in [-0.4, -0.2) is 31.6 Å². The van der Waals surface area contributed by atoms with Crippen LogP contribution in [-0.2, 0) is 11.3 Å². The van der Waals surface area contributed by atoms with E-state index in [1.54, 1.807) is 36.4 Å². The predicted octanol–water partition coefficient (Wildman–Crippen LogP) is 1.93. The Morgan fingerprint density at radius 2 is 1.88 bits per heavy atom. The molecule has 0 spiro atoms. The maximum Gasteiger partial charge on any atom is 0.315 e. The lowest BCUT2D eigenvalue weighted by Gasteiger charge is -2.09. The Hall–Kier alpha value is -2.67. The van der Waals surface area contributed by atoms with E-state index >= 15 is 0 Å². The minimum Gasteiger partial charge on any atom is -0.492 e. The molecule has 0 aliphatic rings.